The molecule has 1 aromatic rings. The van der Waals surface area contributed by atoms with E-state index in [2.05, 4.69) is 15.9 Å². The number of rotatable bonds is 3. The first-order valence-electron chi connectivity index (χ1n) is 6.61. The molecule has 4 nitrogen and oxygen atoms in total. The Balaban J connectivity index is 1.91. The molecule has 1 aromatic carbocycles. The lowest BCUT2D eigenvalue weighted by molar-refractivity contribution is -0.141. The average molecular weight is 374 g/mol. The molecule has 1 saturated carbocycles. The van der Waals surface area contributed by atoms with Crippen molar-refractivity contribution in [3.05, 3.63) is 34.1 Å². The molecule has 0 aromatic heterocycles. The molecule has 2 atom stereocenters. The Labute approximate surface area is 133 Å². The van der Waals surface area contributed by atoms with Crippen LogP contribution in [0.5, 0.6) is 0 Å². The second kappa shape index (κ2) is 5.61. The second-order valence-electron chi connectivity index (χ2n) is 5.26. The summed E-state index contributed by atoms with van der Waals surface area (Å²) in [7, 11) is 0. The number of amides is 1. The summed E-state index contributed by atoms with van der Waals surface area (Å²) in [5, 5.41) is 9.24. The Hall–Kier alpha value is -1.08. The van der Waals surface area contributed by atoms with Crippen LogP contribution < -0.4 is 0 Å². The highest BCUT2D eigenvalue weighted by Crippen LogP contribution is 2.46. The van der Waals surface area contributed by atoms with Crippen LogP contribution in [0.25, 0.3) is 0 Å². The molecular formula is C14H13BrFNO3S. The first kappa shape index (κ1) is 14.8. The third kappa shape index (κ3) is 2.81. The number of hydrogen-bond acceptors (Lipinski definition) is 3. The van der Waals surface area contributed by atoms with E-state index in [1.54, 1.807) is 0 Å². The highest BCUT2D eigenvalue weighted by Gasteiger charge is 2.48. The molecule has 2 aliphatic rings. The fraction of sp³-hybridized carbons (Fsp3) is 0.429. The van der Waals surface area contributed by atoms with Gasteiger partial charge in [0.2, 0.25) is 0 Å². The van der Waals surface area contributed by atoms with Gasteiger partial charge in [0.1, 0.15) is 11.9 Å². The maximum Gasteiger partial charge on any atom is 0.327 e. The standard InChI is InChI=1S/C14H13BrFNO3S/c15-9-5-8(3-4-10(9)16)12(18)17-11(14(19)20)6-21-13(17)7-1-2-7/h3-5,7,11,13H,1-2,6H2,(H,19,20). The number of carboxylic acids is 1. The van der Waals surface area contributed by atoms with Gasteiger partial charge in [-0.15, -0.1) is 11.8 Å². The number of carbonyl (C=O) groups is 2. The van der Waals surface area contributed by atoms with Gasteiger partial charge in [-0.05, 0) is 52.9 Å². The summed E-state index contributed by atoms with van der Waals surface area (Å²) >= 11 is 4.58. The molecule has 1 N–H and O–H groups in total. The Kier molecular flexibility index (Phi) is 3.96. The number of thioether (sulfide) groups is 1. The molecule has 3 rings (SSSR count). The summed E-state index contributed by atoms with van der Waals surface area (Å²) in [6.45, 7) is 0. The highest BCUT2D eigenvalue weighted by atomic mass is 79.9. The predicted octanol–water partition coefficient (Wildman–Crippen LogP) is 2.97. The topological polar surface area (TPSA) is 57.6 Å². The Morgan fingerprint density at radius 1 is 1.38 bits per heavy atom. The number of carbonyl (C=O) groups excluding carboxylic acids is 1. The van der Waals surface area contributed by atoms with E-state index in [0.717, 1.165) is 12.8 Å². The van der Waals surface area contributed by atoms with Crippen molar-refractivity contribution in [1.29, 1.82) is 0 Å². The van der Waals surface area contributed by atoms with Gasteiger partial charge >= 0.3 is 5.97 Å². The lowest BCUT2D eigenvalue weighted by Crippen LogP contribution is -2.46. The maximum atomic E-state index is 13.3. The Bertz CT molecular complexity index is 608. The summed E-state index contributed by atoms with van der Waals surface area (Å²) < 4.78 is 13.5. The fourth-order valence-electron chi connectivity index (χ4n) is 2.50. The van der Waals surface area contributed by atoms with E-state index in [1.165, 1.54) is 34.9 Å². The molecule has 7 heteroatoms. The minimum Gasteiger partial charge on any atom is -0.480 e. The second-order valence-corrected chi connectivity index (χ2v) is 7.26. The van der Waals surface area contributed by atoms with Gasteiger partial charge in [-0.1, -0.05) is 0 Å². The van der Waals surface area contributed by atoms with Crippen LogP contribution in [0.4, 0.5) is 4.39 Å². The molecule has 1 aliphatic carbocycles. The van der Waals surface area contributed by atoms with Crippen molar-refractivity contribution in [3.63, 3.8) is 0 Å². The summed E-state index contributed by atoms with van der Waals surface area (Å²) in [5.74, 6) is -0.988. The van der Waals surface area contributed by atoms with E-state index in [0.29, 0.717) is 17.2 Å². The molecule has 0 spiro atoms. The molecule has 1 heterocycles. The van der Waals surface area contributed by atoms with Crippen LogP contribution in [-0.4, -0.2) is 39.1 Å². The third-order valence-electron chi connectivity index (χ3n) is 3.75. The zero-order valence-corrected chi connectivity index (χ0v) is 13.4. The zero-order valence-electron chi connectivity index (χ0n) is 11.0. The Morgan fingerprint density at radius 2 is 2.10 bits per heavy atom. The van der Waals surface area contributed by atoms with Crippen LogP contribution in [0.3, 0.4) is 0 Å². The van der Waals surface area contributed by atoms with Crippen molar-refractivity contribution in [3.8, 4) is 0 Å². The predicted molar refractivity (Wildman–Crippen MR) is 80.7 cm³/mol. The molecule has 21 heavy (non-hydrogen) atoms. The van der Waals surface area contributed by atoms with E-state index in [-0.39, 0.29) is 15.8 Å². The van der Waals surface area contributed by atoms with Gasteiger partial charge in [0.15, 0.2) is 0 Å². The van der Waals surface area contributed by atoms with Crippen molar-refractivity contribution in [1.82, 2.24) is 4.90 Å². The van der Waals surface area contributed by atoms with E-state index < -0.39 is 17.8 Å². The summed E-state index contributed by atoms with van der Waals surface area (Å²) in [6.07, 6.45) is 2.06. The van der Waals surface area contributed by atoms with Gasteiger partial charge < -0.3 is 10.0 Å². The fourth-order valence-corrected chi connectivity index (χ4v) is 4.51. The maximum absolute atomic E-state index is 13.3. The molecule has 1 aliphatic heterocycles. The molecule has 0 bridgehead atoms. The number of hydrogen-bond donors (Lipinski definition) is 1. The average Bonchev–Trinajstić information content (AvgIpc) is 3.19. The van der Waals surface area contributed by atoms with Gasteiger partial charge in [0, 0.05) is 11.3 Å². The van der Waals surface area contributed by atoms with Crippen LogP contribution in [-0.2, 0) is 4.79 Å². The van der Waals surface area contributed by atoms with Crippen molar-refractivity contribution < 1.29 is 19.1 Å². The summed E-state index contributed by atoms with van der Waals surface area (Å²) in [4.78, 5) is 25.5. The molecule has 2 fully saturated rings. The van der Waals surface area contributed by atoms with E-state index in [4.69, 9.17) is 0 Å². The van der Waals surface area contributed by atoms with Crippen LogP contribution in [0.1, 0.15) is 23.2 Å². The van der Waals surface area contributed by atoms with Crippen LogP contribution in [0, 0.1) is 11.7 Å². The highest BCUT2D eigenvalue weighted by molar-refractivity contribution is 9.10. The molecule has 2 unspecified atom stereocenters. The molecular weight excluding hydrogens is 361 g/mol. The van der Waals surface area contributed by atoms with Crippen LogP contribution in [0.15, 0.2) is 22.7 Å². The van der Waals surface area contributed by atoms with Crippen molar-refractivity contribution in [2.75, 3.05) is 5.75 Å². The van der Waals surface area contributed by atoms with E-state index >= 15 is 0 Å². The molecule has 1 amide bonds. The quantitative estimate of drug-likeness (QED) is 0.884. The SMILES string of the molecule is O=C(O)C1CSC(C2CC2)N1C(=O)c1ccc(F)c(Br)c1. The normalized spacial score (nSPS) is 25.1. The van der Waals surface area contributed by atoms with Gasteiger partial charge in [-0.25, -0.2) is 9.18 Å². The first-order chi connectivity index (χ1) is 9.99. The number of halogens is 2. The van der Waals surface area contributed by atoms with Crippen molar-refractivity contribution in [2.24, 2.45) is 5.92 Å². The minimum absolute atomic E-state index is 0.0811. The largest absolute Gasteiger partial charge is 0.480 e. The van der Waals surface area contributed by atoms with Crippen molar-refractivity contribution >= 4 is 39.6 Å². The van der Waals surface area contributed by atoms with E-state index in [9.17, 15) is 19.1 Å². The van der Waals surface area contributed by atoms with Crippen molar-refractivity contribution in [2.45, 2.75) is 24.3 Å². The van der Waals surface area contributed by atoms with Gasteiger partial charge in [-0.2, -0.15) is 0 Å². The zero-order chi connectivity index (χ0) is 15.1. The number of nitrogens with zero attached hydrogens (tertiary/aromatic N) is 1. The van der Waals surface area contributed by atoms with Gasteiger partial charge in [0.25, 0.3) is 5.91 Å². The minimum atomic E-state index is -0.986. The monoisotopic (exact) mass is 373 g/mol. The number of aliphatic carboxylic acids is 1. The van der Waals surface area contributed by atoms with Crippen LogP contribution in [0.2, 0.25) is 0 Å². The molecule has 112 valence electrons. The lowest BCUT2D eigenvalue weighted by Gasteiger charge is -2.27. The summed E-state index contributed by atoms with van der Waals surface area (Å²) in [6, 6.07) is 3.21. The molecule has 1 saturated heterocycles. The summed E-state index contributed by atoms with van der Waals surface area (Å²) in [5.41, 5.74) is 0.308. The number of carboxylic acid groups (broad SMARTS) is 1. The third-order valence-corrected chi connectivity index (χ3v) is 5.82. The van der Waals surface area contributed by atoms with E-state index in [1.807, 2.05) is 0 Å². The lowest BCUT2D eigenvalue weighted by atomic mass is 10.1. The first-order valence-corrected chi connectivity index (χ1v) is 8.45. The van der Waals surface area contributed by atoms with Crippen LogP contribution >= 0.6 is 27.7 Å². The Morgan fingerprint density at radius 3 is 2.67 bits per heavy atom. The smallest absolute Gasteiger partial charge is 0.327 e. The molecule has 0 radical (unpaired) electrons. The van der Waals surface area contributed by atoms with Gasteiger partial charge in [-0.3, -0.25) is 4.79 Å². The van der Waals surface area contributed by atoms with Gasteiger partial charge in [0.05, 0.1) is 9.85 Å². The number of benzene rings is 1.